The summed E-state index contributed by atoms with van der Waals surface area (Å²) in [5.41, 5.74) is -1.17. The molecule has 0 amide bonds. The summed E-state index contributed by atoms with van der Waals surface area (Å²) in [4.78, 5) is 27.9. The molecular weight excluding hydrogens is 745 g/mol. The average molecular weight is 812 g/mol. The van der Waals surface area contributed by atoms with E-state index < -0.39 is 52.3 Å². The fourth-order valence-electron chi connectivity index (χ4n) is 6.37. The molecule has 2 aliphatic carbocycles. The minimum absolute atomic E-state index is 0.0754. The Morgan fingerprint density at radius 3 is 1.22 bits per heavy atom. The molecule has 0 aromatic carbocycles. The van der Waals surface area contributed by atoms with Crippen LogP contribution in [0.2, 0.25) is 0 Å². The molecule has 0 unspecified atom stereocenters. The molecule has 0 spiro atoms. The number of nitrogens with zero attached hydrogens (tertiary/aromatic N) is 3. The molecule has 0 aromatic rings. The normalized spacial score (nSPS) is 27.6. The number of hydrogen-bond acceptors (Lipinski definition) is 6. The Hall–Kier alpha value is -0.904. The zero-order valence-corrected chi connectivity index (χ0v) is 33.8. The Labute approximate surface area is 284 Å². The zero-order chi connectivity index (χ0) is 34.9. The van der Waals surface area contributed by atoms with Gasteiger partial charge in [0.1, 0.15) is 12.2 Å². The van der Waals surface area contributed by atoms with Gasteiger partial charge in [0.15, 0.2) is 0 Å². The van der Waals surface area contributed by atoms with Gasteiger partial charge in [-0.25, -0.2) is 0 Å². The van der Waals surface area contributed by atoms with Gasteiger partial charge in [0, 0.05) is 0 Å². The number of hydrogen-bond donors (Lipinski definition) is 0. The molecule has 0 aliphatic heterocycles. The molecule has 45 heavy (non-hydrogen) atoms. The van der Waals surface area contributed by atoms with Crippen molar-refractivity contribution in [1.29, 1.82) is 0 Å². The summed E-state index contributed by atoms with van der Waals surface area (Å²) in [5.74, 6) is 1.56. The third-order valence-corrected chi connectivity index (χ3v) is 10.5. The Morgan fingerprint density at radius 2 is 1.00 bits per heavy atom. The van der Waals surface area contributed by atoms with Gasteiger partial charge in [0.2, 0.25) is 0 Å². The molecule has 2 saturated carbocycles. The molecule has 0 bridgehead atoms. The van der Waals surface area contributed by atoms with Crippen LogP contribution in [0.1, 0.15) is 142 Å². The van der Waals surface area contributed by atoms with Gasteiger partial charge in [-0.1, -0.05) is 95.9 Å². The smallest absolute Gasteiger partial charge is 0.287 e. The van der Waals surface area contributed by atoms with E-state index in [9.17, 15) is 13.1 Å². The van der Waals surface area contributed by atoms with Crippen molar-refractivity contribution in [2.24, 2.45) is 39.2 Å². The average Bonchev–Trinajstić information content (AvgIpc) is 2.84. The van der Waals surface area contributed by atoms with Crippen molar-refractivity contribution in [1.82, 2.24) is 0 Å². The van der Waals surface area contributed by atoms with E-state index in [0.717, 1.165) is 38.5 Å². The summed E-state index contributed by atoms with van der Waals surface area (Å²) in [7, 11) is 0. The Balaban J connectivity index is 0.00000129. The second-order valence-corrected chi connectivity index (χ2v) is 18.4. The molecule has 2 aliphatic rings. The van der Waals surface area contributed by atoms with E-state index in [1.165, 1.54) is 0 Å². The van der Waals surface area contributed by atoms with Crippen LogP contribution in [0, 0.1) is 35.5 Å². The van der Waals surface area contributed by atoms with Crippen LogP contribution in [-0.2, 0) is 39.8 Å². The summed E-state index contributed by atoms with van der Waals surface area (Å²) >= 11 is -1.32. The van der Waals surface area contributed by atoms with Crippen LogP contribution >= 0.6 is 0 Å². The van der Waals surface area contributed by atoms with E-state index in [1.54, 1.807) is 0 Å². The predicted octanol–water partition coefficient (Wildman–Crippen LogP) is 9.47. The number of esters is 2. The molecule has 264 valence electrons. The van der Waals surface area contributed by atoms with Crippen molar-refractivity contribution in [3.8, 4) is 0 Å². The van der Waals surface area contributed by atoms with Crippen molar-refractivity contribution in [3.63, 3.8) is 0 Å². The van der Waals surface area contributed by atoms with Gasteiger partial charge in [-0.2, -0.15) is 0 Å². The maximum atomic E-state index is 13.9. The summed E-state index contributed by atoms with van der Waals surface area (Å²) < 4.78 is 26.3. The molecule has 9 heteroatoms. The molecule has 0 aromatic heterocycles. The maximum absolute atomic E-state index is 13.9. The molecule has 8 atom stereocenters. The first kappa shape index (κ1) is 42.1. The monoisotopic (exact) mass is 813 g/mol. The van der Waals surface area contributed by atoms with E-state index in [2.05, 4.69) is 45.2 Å². The Kier molecular flexibility index (Phi) is 16.9. The summed E-state index contributed by atoms with van der Waals surface area (Å²) in [6, 6.07) is -2.07. The van der Waals surface area contributed by atoms with E-state index >= 15 is 0 Å². The second-order valence-electron chi connectivity index (χ2n) is 17.4. The zero-order valence-electron chi connectivity index (χ0n) is 31.3. The van der Waals surface area contributed by atoms with Gasteiger partial charge >= 0.3 is 50.7 Å². The minimum atomic E-state index is -1.32. The van der Waals surface area contributed by atoms with Gasteiger partial charge in [-0.05, 0) is 73.3 Å². The van der Waals surface area contributed by atoms with E-state index in [0.29, 0.717) is 35.5 Å². The number of carbonyl (C=O) groups is 2. The van der Waals surface area contributed by atoms with Gasteiger partial charge in [0.05, 0.1) is 0 Å². The summed E-state index contributed by atoms with van der Waals surface area (Å²) in [6.45, 7) is 30.8. The van der Waals surface area contributed by atoms with Crippen molar-refractivity contribution in [2.45, 2.75) is 183 Å². The van der Waals surface area contributed by atoms with Crippen LogP contribution in [0.4, 0.5) is 0 Å². The van der Waals surface area contributed by atoms with Gasteiger partial charge in [0.25, 0.3) is 11.9 Å². The molecule has 0 N–H and O–H groups in total. The van der Waals surface area contributed by atoms with Gasteiger partial charge in [-0.3, -0.25) is 9.59 Å². The minimum Gasteiger partial charge on any atom is -0.646 e. The van der Waals surface area contributed by atoms with Crippen LogP contribution in [0.5, 0.6) is 0 Å². The van der Waals surface area contributed by atoms with E-state index in [1.807, 2.05) is 62.3 Å². The fourth-order valence-corrected chi connectivity index (χ4v) is 7.07. The van der Waals surface area contributed by atoms with Crippen molar-refractivity contribution >= 4 is 11.9 Å². The van der Waals surface area contributed by atoms with Crippen LogP contribution in [0.25, 0.3) is 10.6 Å². The molecule has 0 heterocycles. The fraction of sp³-hybridized carbons (Fsp3) is 0.944. The predicted molar refractivity (Wildman–Crippen MR) is 179 cm³/mol. The van der Waals surface area contributed by atoms with Crippen LogP contribution < -0.4 is 0 Å². The first-order valence-electron chi connectivity index (χ1n) is 17.3. The van der Waals surface area contributed by atoms with Crippen molar-refractivity contribution in [2.75, 3.05) is 0 Å². The largest absolute Gasteiger partial charge is 0.646 e. The first-order chi connectivity index (χ1) is 20.4. The first-order valence-corrected chi connectivity index (χ1v) is 19.4. The number of rotatable bonds is 9. The SMILES string of the molecule is CC(C)(C)[N]=[Os+2]=[O].CC(C)[C@@H]1CC[C@@H](C)C[C@H]1OC(=O)[C@H]([N-]C(C)(C)C)[C@@H]([N-]C(C)(C)C)C(=O)O[C@@H]1C[C@H](C)CC[C@H]1C(C)C. The number of ether oxygens (including phenoxy) is 2. The van der Waals surface area contributed by atoms with Crippen LogP contribution in [0.3, 0.4) is 0 Å². The Morgan fingerprint density at radius 1 is 0.667 bits per heavy atom. The topological polar surface area (TPSA) is 110 Å². The molecule has 0 radical (unpaired) electrons. The summed E-state index contributed by atoms with van der Waals surface area (Å²) in [6.07, 6.45) is 5.75. The van der Waals surface area contributed by atoms with Crippen LogP contribution in [-0.4, -0.2) is 52.8 Å². The van der Waals surface area contributed by atoms with Gasteiger partial charge in [-0.15, -0.1) is 11.1 Å². The van der Waals surface area contributed by atoms with Crippen molar-refractivity contribution < 1.29 is 39.8 Å². The van der Waals surface area contributed by atoms with Gasteiger partial charge < -0.3 is 20.1 Å². The van der Waals surface area contributed by atoms with Crippen LogP contribution in [0.15, 0.2) is 3.65 Å². The third-order valence-electron chi connectivity index (χ3n) is 8.56. The standard InChI is InChI=1S/C32H58N2O4.C4H9N.O.Os/c1-19(2)23-15-13-21(5)17-25(23)37-29(35)27(33-31(7,8)9)28(34-32(10,11)12)30(36)38-26-18-22(6)14-16-24(26)20(3)4;1-4(2,3)5;;/h19-28H,13-18H2,1-12H3;1-3H3;;/q-2;;;+2/t21-,22-,23+,24+,25-,26-,27-,28-;;;/m1.../s1. The molecule has 2 rings (SSSR count). The molecular formula is C36H67N3O5Os. The quantitative estimate of drug-likeness (QED) is 0.216. The van der Waals surface area contributed by atoms with E-state index in [-0.39, 0.29) is 17.7 Å². The van der Waals surface area contributed by atoms with E-state index in [4.69, 9.17) is 20.1 Å². The van der Waals surface area contributed by atoms with Crippen molar-refractivity contribution in [3.05, 3.63) is 10.6 Å². The molecule has 8 nitrogen and oxygen atoms in total. The molecule has 0 saturated heterocycles. The maximum Gasteiger partial charge on any atom is 0.287 e. The molecule has 2 fully saturated rings. The summed E-state index contributed by atoms with van der Waals surface area (Å²) in [5, 5.41) is 9.72. The Bertz CT molecular complexity index is 911. The number of carbonyl (C=O) groups excluding carboxylic acids is 2. The third kappa shape index (κ3) is 16.2. The second kappa shape index (κ2) is 18.0.